The quantitative estimate of drug-likeness (QED) is 0.113. The minimum absolute atomic E-state index is 0.0172. The number of aliphatic hydroxyl groups excluding tert-OH is 1. The number of allylic oxidation sites excluding steroid dienone is 2. The van der Waals surface area contributed by atoms with E-state index in [1.54, 1.807) is 19.9 Å². The molecule has 5 aliphatic carbocycles. The summed E-state index contributed by atoms with van der Waals surface area (Å²) in [5.41, 5.74) is -6.33. The lowest BCUT2D eigenvalue weighted by Gasteiger charge is -2.58. The normalized spacial score (nSPS) is 38.8. The number of aromatic hydroxyl groups is 2. The van der Waals surface area contributed by atoms with Crippen molar-refractivity contribution in [3.05, 3.63) is 70.0 Å². The molecule has 1 heterocycles. The fraction of sp³-hybridized carbons (Fsp3) is 0.485. The van der Waals surface area contributed by atoms with Crippen molar-refractivity contribution in [1.29, 1.82) is 0 Å². The van der Waals surface area contributed by atoms with E-state index in [4.69, 9.17) is 30.5 Å². The number of phenolic OH excluding ortho intramolecular Hbond substituents is 2. The van der Waals surface area contributed by atoms with Gasteiger partial charge in [0.15, 0.2) is 22.9 Å². The Balaban J connectivity index is 1.54. The Bertz CT molecular complexity index is 1660. The van der Waals surface area contributed by atoms with E-state index >= 15 is 0 Å². The molecule has 8 atom stereocenters. The highest BCUT2D eigenvalue weighted by atomic mass is 35.5. The zero-order valence-corrected chi connectivity index (χ0v) is 26.4. The maximum Gasteiger partial charge on any atom is 0.346 e. The summed E-state index contributed by atoms with van der Waals surface area (Å²) in [6.07, 6.45) is 2.60. The number of fused-ring (bicyclic) bond motifs is 1. The third kappa shape index (κ3) is 3.78. The highest BCUT2D eigenvalue weighted by Gasteiger charge is 2.84. The molecule has 1 aromatic rings. The largest absolute Gasteiger partial charge is 0.507 e. The molecular weight excluding hydrogens is 608 g/mol. The van der Waals surface area contributed by atoms with Crippen molar-refractivity contribution in [3.63, 3.8) is 0 Å². The molecule has 0 aromatic heterocycles. The Hall–Kier alpha value is -3.64. The van der Waals surface area contributed by atoms with Crippen LogP contribution in [0.15, 0.2) is 58.9 Å². The molecule has 1 aliphatic heterocycles. The maximum atomic E-state index is 14.4. The minimum Gasteiger partial charge on any atom is -0.507 e. The average molecular weight is 643 g/mol. The number of aryl methyl sites for hydroxylation is 1. The SMILES string of the molecule is COC(=O)[C@@]12C=C(OC)[C@]3(Cl)C(C)(C=C(C4=C[C@H](O)[C@@H]5O[C@]5(CC=C(C)C)[C@@H]4OC(=O)c4c(O)cc(C)cc4O)[C@]3(O)C1=O)C2. The van der Waals surface area contributed by atoms with Gasteiger partial charge in [-0.15, -0.1) is 11.6 Å². The van der Waals surface area contributed by atoms with Crippen LogP contribution in [0.1, 0.15) is 49.5 Å². The number of aliphatic hydroxyl groups is 2. The first-order chi connectivity index (χ1) is 21.0. The van der Waals surface area contributed by atoms with Gasteiger partial charge in [-0.3, -0.25) is 9.59 Å². The summed E-state index contributed by atoms with van der Waals surface area (Å²) in [7, 11) is 2.44. The first kappa shape index (κ1) is 31.3. The van der Waals surface area contributed by atoms with Gasteiger partial charge in [-0.2, -0.15) is 0 Å². The first-order valence-electron chi connectivity index (χ1n) is 14.5. The van der Waals surface area contributed by atoms with Crippen LogP contribution in [0, 0.1) is 17.8 Å². The number of carbonyl (C=O) groups excluding carboxylic acids is 3. The van der Waals surface area contributed by atoms with Crippen molar-refractivity contribution in [3.8, 4) is 11.5 Å². The summed E-state index contributed by atoms with van der Waals surface area (Å²) in [6, 6.07) is 2.58. The number of hydrogen-bond donors (Lipinski definition) is 4. The second kappa shape index (κ2) is 9.68. The number of esters is 2. The van der Waals surface area contributed by atoms with E-state index in [1.165, 1.54) is 31.4 Å². The van der Waals surface area contributed by atoms with E-state index in [0.29, 0.717) is 5.56 Å². The lowest BCUT2D eigenvalue weighted by atomic mass is 9.49. The van der Waals surface area contributed by atoms with E-state index in [2.05, 4.69) is 0 Å². The summed E-state index contributed by atoms with van der Waals surface area (Å²) in [5.74, 6) is -4.03. The van der Waals surface area contributed by atoms with Gasteiger partial charge >= 0.3 is 11.9 Å². The van der Waals surface area contributed by atoms with Crippen LogP contribution in [-0.2, 0) is 28.5 Å². The van der Waals surface area contributed by atoms with E-state index in [9.17, 15) is 34.8 Å². The molecule has 11 nitrogen and oxygen atoms in total. The lowest BCUT2D eigenvalue weighted by Crippen LogP contribution is -2.74. The Morgan fingerprint density at radius 1 is 1.16 bits per heavy atom. The standard InChI is InChI=1S/C33H35ClO11/c1-15(2)7-8-31-24(44-26(38)23-19(35)9-16(3)10-20(23)36)17(11-21(37)25(31)45-31)18-12-29(4)14-30(28(40)43-6)13-22(42-5)33(29,34)32(18,41)27(30)39/h7,9-13,21,24-25,35-37,41H,8,14H2,1-6H3/t21-,24+,25-,29?,30+,31+,32-,33-/m0/s1. The third-order valence-corrected chi connectivity index (χ3v) is 10.9. The number of rotatable bonds is 7. The van der Waals surface area contributed by atoms with Crippen LogP contribution in [0.4, 0.5) is 0 Å². The lowest BCUT2D eigenvalue weighted by molar-refractivity contribution is -0.175. The number of carbonyl (C=O) groups is 3. The molecule has 12 heteroatoms. The number of Topliss-reactive ketones (excluding diaryl/α,β-unsaturated/α-hetero) is 1. The van der Waals surface area contributed by atoms with Crippen molar-refractivity contribution in [2.24, 2.45) is 10.8 Å². The number of alkyl halides is 1. The molecule has 1 aromatic carbocycles. The highest BCUT2D eigenvalue weighted by molar-refractivity contribution is 6.34. The molecule has 240 valence electrons. The molecule has 6 aliphatic rings. The van der Waals surface area contributed by atoms with Crippen LogP contribution >= 0.6 is 11.6 Å². The van der Waals surface area contributed by atoms with Gasteiger partial charge < -0.3 is 39.4 Å². The zero-order chi connectivity index (χ0) is 33.1. The number of methoxy groups -OCH3 is 2. The predicted octanol–water partition coefficient (Wildman–Crippen LogP) is 3.06. The fourth-order valence-electron chi connectivity index (χ4n) is 7.90. The van der Waals surface area contributed by atoms with Crippen molar-refractivity contribution in [2.75, 3.05) is 14.2 Å². The van der Waals surface area contributed by atoms with Gasteiger partial charge in [0.1, 0.15) is 45.5 Å². The number of hydrogen-bond acceptors (Lipinski definition) is 11. The molecule has 0 spiro atoms. The van der Waals surface area contributed by atoms with Gasteiger partial charge in [0.05, 0.1) is 14.2 Å². The highest BCUT2D eigenvalue weighted by Crippen LogP contribution is 2.73. The van der Waals surface area contributed by atoms with Crippen molar-refractivity contribution < 1.29 is 53.8 Å². The van der Waals surface area contributed by atoms with Gasteiger partial charge in [0.2, 0.25) is 0 Å². The molecule has 2 fully saturated rings. The second-order valence-corrected chi connectivity index (χ2v) is 13.6. The van der Waals surface area contributed by atoms with Crippen LogP contribution in [-0.4, -0.2) is 86.8 Å². The minimum atomic E-state index is -2.61. The number of benzene rings is 1. The maximum absolute atomic E-state index is 14.4. The molecule has 1 saturated heterocycles. The Morgan fingerprint density at radius 3 is 2.38 bits per heavy atom. The smallest absolute Gasteiger partial charge is 0.346 e. The van der Waals surface area contributed by atoms with Gasteiger partial charge in [-0.25, -0.2) is 4.79 Å². The van der Waals surface area contributed by atoms with E-state index in [-0.39, 0.29) is 29.7 Å². The second-order valence-electron chi connectivity index (χ2n) is 13.1. The van der Waals surface area contributed by atoms with Gasteiger partial charge in [-0.05, 0) is 62.6 Å². The summed E-state index contributed by atoms with van der Waals surface area (Å²) in [5, 5.41) is 45.0. The van der Waals surface area contributed by atoms with Crippen LogP contribution in [0.5, 0.6) is 11.5 Å². The van der Waals surface area contributed by atoms with Crippen LogP contribution < -0.4 is 0 Å². The van der Waals surface area contributed by atoms with Crippen LogP contribution in [0.3, 0.4) is 0 Å². The summed E-state index contributed by atoms with van der Waals surface area (Å²) in [6.45, 7) is 7.01. The Labute approximate surface area is 264 Å². The molecule has 0 amide bonds. The van der Waals surface area contributed by atoms with E-state index in [0.717, 1.165) is 12.7 Å². The van der Waals surface area contributed by atoms with E-state index < -0.39 is 80.0 Å². The van der Waals surface area contributed by atoms with Gasteiger partial charge in [0.25, 0.3) is 0 Å². The molecule has 4 N–H and O–H groups in total. The Morgan fingerprint density at radius 2 is 1.80 bits per heavy atom. The van der Waals surface area contributed by atoms with Crippen molar-refractivity contribution >= 4 is 29.3 Å². The first-order valence-corrected chi connectivity index (χ1v) is 14.9. The molecule has 4 bridgehead atoms. The number of ether oxygens (including phenoxy) is 4. The molecule has 7 rings (SSSR count). The monoisotopic (exact) mass is 642 g/mol. The average Bonchev–Trinajstić information content (AvgIpc) is 3.69. The Kier molecular flexibility index (Phi) is 6.74. The number of phenols is 2. The molecule has 45 heavy (non-hydrogen) atoms. The number of epoxide rings is 1. The van der Waals surface area contributed by atoms with Gasteiger partial charge in [-0.1, -0.05) is 24.6 Å². The number of halogens is 1. The summed E-state index contributed by atoms with van der Waals surface area (Å²) < 4.78 is 22.7. The topological polar surface area (TPSA) is 172 Å². The van der Waals surface area contributed by atoms with Crippen molar-refractivity contribution in [2.45, 2.75) is 74.9 Å². The summed E-state index contributed by atoms with van der Waals surface area (Å²) in [4.78, 5) is 39.4. The number of ketones is 1. The van der Waals surface area contributed by atoms with Gasteiger partial charge in [0, 0.05) is 17.4 Å². The summed E-state index contributed by atoms with van der Waals surface area (Å²) >= 11 is 7.28. The van der Waals surface area contributed by atoms with Crippen LogP contribution in [0.2, 0.25) is 0 Å². The molecule has 0 radical (unpaired) electrons. The molecular formula is C33H35ClO11. The third-order valence-electron chi connectivity index (χ3n) is 9.97. The van der Waals surface area contributed by atoms with E-state index in [1.807, 2.05) is 19.9 Å². The molecule has 1 saturated carbocycles. The molecule has 1 unspecified atom stereocenters. The van der Waals surface area contributed by atoms with Crippen LogP contribution in [0.25, 0.3) is 0 Å². The van der Waals surface area contributed by atoms with Crippen molar-refractivity contribution in [1.82, 2.24) is 0 Å². The predicted molar refractivity (Wildman–Crippen MR) is 158 cm³/mol. The fourth-order valence-corrected chi connectivity index (χ4v) is 8.34. The zero-order valence-electron chi connectivity index (χ0n) is 25.6.